The van der Waals surface area contributed by atoms with E-state index in [1.54, 1.807) is 24.9 Å². The fourth-order valence-electron chi connectivity index (χ4n) is 3.08. The Morgan fingerprint density at radius 1 is 1.18 bits per heavy atom. The van der Waals surface area contributed by atoms with Crippen LogP contribution >= 0.6 is 11.8 Å². The standard InChI is InChI=1S/C21H22F3NO2S/c1-25(13-15-8-10-16(11-9-15)21(22,23)24)20(26)18-6-2-3-7-19(18)28-14-17-5-4-12-27-17/h2-3,6-11,17H,4-5,12-14H2,1H3. The molecule has 1 aliphatic rings. The first-order valence-electron chi connectivity index (χ1n) is 9.09. The van der Waals surface area contributed by atoms with Gasteiger partial charge in [-0.2, -0.15) is 13.2 Å². The van der Waals surface area contributed by atoms with E-state index >= 15 is 0 Å². The van der Waals surface area contributed by atoms with Crippen LogP contribution in [0.3, 0.4) is 0 Å². The third kappa shape index (κ3) is 5.29. The Bertz CT molecular complexity index is 802. The second-order valence-corrected chi connectivity index (χ2v) is 7.86. The molecule has 0 N–H and O–H groups in total. The summed E-state index contributed by atoms with van der Waals surface area (Å²) < 4.78 is 43.7. The SMILES string of the molecule is CN(Cc1ccc(C(F)(F)F)cc1)C(=O)c1ccccc1SCC1CCCO1. The molecule has 1 atom stereocenters. The highest BCUT2D eigenvalue weighted by molar-refractivity contribution is 7.99. The normalized spacial score (nSPS) is 16.9. The van der Waals surface area contributed by atoms with Gasteiger partial charge in [-0.3, -0.25) is 4.79 Å². The lowest BCUT2D eigenvalue weighted by atomic mass is 10.1. The molecule has 1 aliphatic heterocycles. The molecular formula is C21H22F3NO2S. The molecule has 0 bridgehead atoms. The quantitative estimate of drug-likeness (QED) is 0.611. The zero-order valence-electron chi connectivity index (χ0n) is 15.5. The Morgan fingerprint density at radius 3 is 2.54 bits per heavy atom. The molecule has 0 spiro atoms. The molecule has 3 rings (SSSR count). The minimum Gasteiger partial charge on any atom is -0.377 e. The minimum atomic E-state index is -4.36. The monoisotopic (exact) mass is 409 g/mol. The summed E-state index contributed by atoms with van der Waals surface area (Å²) in [7, 11) is 1.65. The number of carbonyl (C=O) groups is 1. The molecule has 0 radical (unpaired) electrons. The zero-order chi connectivity index (χ0) is 20.1. The van der Waals surface area contributed by atoms with E-state index in [4.69, 9.17) is 4.74 Å². The van der Waals surface area contributed by atoms with Crippen LogP contribution in [0, 0.1) is 0 Å². The fourth-order valence-corrected chi connectivity index (χ4v) is 4.19. The van der Waals surface area contributed by atoms with E-state index in [0.29, 0.717) is 11.1 Å². The van der Waals surface area contributed by atoms with Crippen LogP contribution in [0.2, 0.25) is 0 Å². The molecule has 1 heterocycles. The zero-order valence-corrected chi connectivity index (χ0v) is 16.4. The molecule has 1 unspecified atom stereocenters. The lowest BCUT2D eigenvalue weighted by Gasteiger charge is -2.20. The molecule has 7 heteroatoms. The van der Waals surface area contributed by atoms with Crippen molar-refractivity contribution >= 4 is 17.7 Å². The first-order chi connectivity index (χ1) is 13.3. The lowest BCUT2D eigenvalue weighted by molar-refractivity contribution is -0.137. The number of alkyl halides is 3. The van der Waals surface area contributed by atoms with Gasteiger partial charge in [0.25, 0.3) is 5.91 Å². The predicted octanol–water partition coefficient (Wildman–Crippen LogP) is 5.25. The molecule has 1 fully saturated rings. The van der Waals surface area contributed by atoms with Crippen LogP contribution in [0.5, 0.6) is 0 Å². The van der Waals surface area contributed by atoms with E-state index in [1.807, 2.05) is 18.2 Å². The average molecular weight is 409 g/mol. The number of benzene rings is 2. The van der Waals surface area contributed by atoms with Crippen LogP contribution in [-0.4, -0.2) is 36.3 Å². The summed E-state index contributed by atoms with van der Waals surface area (Å²) in [6.07, 6.45) is -2.03. The Kier molecular flexibility index (Phi) is 6.67. The largest absolute Gasteiger partial charge is 0.416 e. The van der Waals surface area contributed by atoms with Crippen molar-refractivity contribution in [1.82, 2.24) is 4.90 Å². The number of carbonyl (C=O) groups excluding carboxylic acids is 1. The molecule has 28 heavy (non-hydrogen) atoms. The van der Waals surface area contributed by atoms with Crippen LogP contribution in [0.15, 0.2) is 53.4 Å². The summed E-state index contributed by atoms with van der Waals surface area (Å²) in [4.78, 5) is 15.3. The van der Waals surface area contributed by atoms with Crippen LogP contribution in [0.4, 0.5) is 13.2 Å². The van der Waals surface area contributed by atoms with Crippen LogP contribution in [0.1, 0.15) is 34.3 Å². The van der Waals surface area contributed by atoms with Crippen LogP contribution in [0.25, 0.3) is 0 Å². The molecule has 0 saturated carbocycles. The number of thioether (sulfide) groups is 1. The van der Waals surface area contributed by atoms with E-state index in [-0.39, 0.29) is 18.6 Å². The summed E-state index contributed by atoms with van der Waals surface area (Å²) >= 11 is 1.60. The van der Waals surface area contributed by atoms with Gasteiger partial charge in [0.05, 0.1) is 17.2 Å². The smallest absolute Gasteiger partial charge is 0.377 e. The van der Waals surface area contributed by atoms with Crippen molar-refractivity contribution in [2.24, 2.45) is 0 Å². The van der Waals surface area contributed by atoms with Gasteiger partial charge in [-0.15, -0.1) is 11.8 Å². The Morgan fingerprint density at radius 2 is 1.89 bits per heavy atom. The molecule has 2 aromatic rings. The Hall–Kier alpha value is -1.99. The van der Waals surface area contributed by atoms with Gasteiger partial charge in [-0.1, -0.05) is 24.3 Å². The Balaban J connectivity index is 1.65. The molecule has 0 aromatic heterocycles. The number of hydrogen-bond donors (Lipinski definition) is 0. The topological polar surface area (TPSA) is 29.5 Å². The molecular weight excluding hydrogens is 387 g/mol. The van der Waals surface area contributed by atoms with Crippen molar-refractivity contribution < 1.29 is 22.7 Å². The number of ether oxygens (including phenoxy) is 1. The summed E-state index contributed by atoms with van der Waals surface area (Å²) in [5.41, 5.74) is 0.550. The molecule has 1 amide bonds. The number of hydrogen-bond acceptors (Lipinski definition) is 3. The van der Waals surface area contributed by atoms with E-state index in [0.717, 1.165) is 42.2 Å². The third-order valence-electron chi connectivity index (χ3n) is 4.61. The van der Waals surface area contributed by atoms with E-state index in [1.165, 1.54) is 17.0 Å². The minimum absolute atomic E-state index is 0.157. The highest BCUT2D eigenvalue weighted by atomic mass is 32.2. The predicted molar refractivity (Wildman–Crippen MR) is 103 cm³/mol. The number of amides is 1. The van der Waals surface area contributed by atoms with Crippen molar-refractivity contribution in [3.63, 3.8) is 0 Å². The van der Waals surface area contributed by atoms with Crippen molar-refractivity contribution in [3.8, 4) is 0 Å². The van der Waals surface area contributed by atoms with Crippen LogP contribution in [-0.2, 0) is 17.5 Å². The second kappa shape index (κ2) is 9.01. The third-order valence-corrected chi connectivity index (χ3v) is 5.82. The maximum absolute atomic E-state index is 12.9. The lowest BCUT2D eigenvalue weighted by Crippen LogP contribution is -2.26. The summed E-state index contributed by atoms with van der Waals surface area (Å²) in [5, 5.41) is 0. The van der Waals surface area contributed by atoms with Gasteiger partial charge in [-0.25, -0.2) is 0 Å². The molecule has 2 aromatic carbocycles. The first kappa shape index (κ1) is 20.7. The van der Waals surface area contributed by atoms with Crippen molar-refractivity contribution in [2.45, 2.75) is 36.6 Å². The van der Waals surface area contributed by atoms with Gasteiger partial charge in [0, 0.05) is 30.8 Å². The van der Waals surface area contributed by atoms with Gasteiger partial charge in [-0.05, 0) is 42.7 Å². The van der Waals surface area contributed by atoms with Gasteiger partial charge >= 0.3 is 6.18 Å². The molecule has 0 aliphatic carbocycles. The number of rotatable bonds is 6. The highest BCUT2D eigenvalue weighted by Crippen LogP contribution is 2.30. The first-order valence-corrected chi connectivity index (χ1v) is 10.1. The van der Waals surface area contributed by atoms with Crippen molar-refractivity contribution in [2.75, 3.05) is 19.4 Å². The van der Waals surface area contributed by atoms with E-state index in [2.05, 4.69) is 0 Å². The summed E-state index contributed by atoms with van der Waals surface area (Å²) in [5.74, 6) is 0.641. The van der Waals surface area contributed by atoms with Crippen molar-refractivity contribution in [1.29, 1.82) is 0 Å². The highest BCUT2D eigenvalue weighted by Gasteiger charge is 2.30. The average Bonchev–Trinajstić information content (AvgIpc) is 3.19. The summed E-state index contributed by atoms with van der Waals surface area (Å²) in [6.45, 7) is 1.03. The van der Waals surface area contributed by atoms with Crippen LogP contribution < -0.4 is 0 Å². The van der Waals surface area contributed by atoms with Gasteiger partial charge < -0.3 is 9.64 Å². The second-order valence-electron chi connectivity index (χ2n) is 6.80. The number of nitrogens with zero attached hydrogens (tertiary/aromatic N) is 1. The van der Waals surface area contributed by atoms with Gasteiger partial charge in [0.2, 0.25) is 0 Å². The maximum atomic E-state index is 12.9. The molecule has 150 valence electrons. The molecule has 3 nitrogen and oxygen atoms in total. The van der Waals surface area contributed by atoms with Gasteiger partial charge in [0.15, 0.2) is 0 Å². The summed E-state index contributed by atoms with van der Waals surface area (Å²) in [6, 6.07) is 12.3. The van der Waals surface area contributed by atoms with Crippen molar-refractivity contribution in [3.05, 3.63) is 65.2 Å². The maximum Gasteiger partial charge on any atom is 0.416 e. The number of halogens is 3. The van der Waals surface area contributed by atoms with Gasteiger partial charge in [0.1, 0.15) is 0 Å². The molecule has 1 saturated heterocycles. The fraction of sp³-hybridized carbons (Fsp3) is 0.381. The Labute approximate surface area is 166 Å². The van der Waals surface area contributed by atoms with E-state index in [9.17, 15) is 18.0 Å². The van der Waals surface area contributed by atoms with E-state index < -0.39 is 11.7 Å².